The first kappa shape index (κ1) is 7.54. The zero-order chi connectivity index (χ0) is 7.78. The van der Waals surface area contributed by atoms with Gasteiger partial charge in [0.25, 0.3) is 0 Å². The second-order valence-electron chi connectivity index (χ2n) is 3.36. The Kier molecular flexibility index (Phi) is 1.68. The number of carbonyl (C=O) groups is 1. The molecule has 1 aliphatic heterocycles. The van der Waals surface area contributed by atoms with E-state index in [1.54, 1.807) is 0 Å². The molecule has 0 aliphatic carbocycles. The van der Waals surface area contributed by atoms with E-state index in [0.29, 0.717) is 6.61 Å². The number of hydrogen-bond donors (Lipinski definition) is 0. The molecule has 0 aromatic carbocycles. The van der Waals surface area contributed by atoms with Crippen LogP contribution in [0, 0.1) is 0 Å². The number of hydrogen-bond acceptors (Lipinski definition) is 3. The van der Waals surface area contributed by atoms with Crippen LogP contribution in [0.4, 0.5) is 0 Å². The first-order valence-corrected chi connectivity index (χ1v) is 3.33. The van der Waals surface area contributed by atoms with Crippen molar-refractivity contribution in [2.45, 2.75) is 32.5 Å². The highest BCUT2D eigenvalue weighted by Crippen LogP contribution is 2.15. The Morgan fingerprint density at radius 1 is 1.60 bits per heavy atom. The van der Waals surface area contributed by atoms with Crippen LogP contribution in [-0.2, 0) is 14.3 Å². The predicted octanol–water partition coefficient (Wildman–Crippen LogP) is 0.727. The molecule has 58 valence electrons. The molecule has 0 spiro atoms. The summed E-state index contributed by atoms with van der Waals surface area (Å²) in [6, 6.07) is 0. The number of epoxide rings is 1. The van der Waals surface area contributed by atoms with Crippen molar-refractivity contribution in [3.63, 3.8) is 0 Å². The lowest BCUT2D eigenvalue weighted by Gasteiger charge is -2.18. The van der Waals surface area contributed by atoms with Crippen molar-refractivity contribution >= 4 is 5.97 Å². The highest BCUT2D eigenvalue weighted by atomic mass is 16.6. The van der Waals surface area contributed by atoms with Gasteiger partial charge in [-0.1, -0.05) is 0 Å². The molecule has 0 aromatic rings. The summed E-state index contributed by atoms with van der Waals surface area (Å²) >= 11 is 0. The average Bonchev–Trinajstić information content (AvgIpc) is 2.35. The molecule has 1 saturated heterocycles. The molecule has 3 nitrogen and oxygen atoms in total. The zero-order valence-corrected chi connectivity index (χ0v) is 6.51. The lowest BCUT2D eigenvalue weighted by molar-refractivity contribution is -0.156. The molecule has 1 atom stereocenters. The van der Waals surface area contributed by atoms with E-state index >= 15 is 0 Å². The molecule has 0 amide bonds. The maximum Gasteiger partial charge on any atom is 0.338 e. The van der Waals surface area contributed by atoms with Gasteiger partial charge in [0.05, 0.1) is 6.61 Å². The summed E-state index contributed by atoms with van der Waals surface area (Å²) in [6.07, 6.45) is -0.278. The van der Waals surface area contributed by atoms with Crippen LogP contribution in [0.5, 0.6) is 0 Å². The Morgan fingerprint density at radius 3 is 2.40 bits per heavy atom. The van der Waals surface area contributed by atoms with Crippen LogP contribution in [-0.4, -0.2) is 24.3 Å². The molecule has 10 heavy (non-hydrogen) atoms. The molecular weight excluding hydrogens is 132 g/mol. The maximum absolute atomic E-state index is 10.9. The van der Waals surface area contributed by atoms with E-state index in [2.05, 4.69) is 0 Å². The van der Waals surface area contributed by atoms with E-state index in [4.69, 9.17) is 9.47 Å². The highest BCUT2D eigenvalue weighted by molar-refractivity contribution is 5.77. The summed E-state index contributed by atoms with van der Waals surface area (Å²) in [5.74, 6) is -0.243. The molecule has 0 saturated carbocycles. The average molecular weight is 144 g/mol. The van der Waals surface area contributed by atoms with E-state index in [1.807, 2.05) is 20.8 Å². The van der Waals surface area contributed by atoms with Gasteiger partial charge < -0.3 is 9.47 Å². The van der Waals surface area contributed by atoms with E-state index in [0.717, 1.165) is 0 Å². The van der Waals surface area contributed by atoms with Gasteiger partial charge in [0, 0.05) is 0 Å². The van der Waals surface area contributed by atoms with Crippen LogP contribution in [0.3, 0.4) is 0 Å². The van der Waals surface area contributed by atoms with Gasteiger partial charge in [-0.15, -0.1) is 0 Å². The topological polar surface area (TPSA) is 38.8 Å². The summed E-state index contributed by atoms with van der Waals surface area (Å²) in [6.45, 7) is 6.04. The van der Waals surface area contributed by atoms with Gasteiger partial charge in [-0.2, -0.15) is 0 Å². The number of ether oxygens (including phenoxy) is 2. The second kappa shape index (κ2) is 2.23. The molecule has 0 unspecified atom stereocenters. The first-order valence-electron chi connectivity index (χ1n) is 3.33. The summed E-state index contributed by atoms with van der Waals surface area (Å²) in [7, 11) is 0. The van der Waals surface area contributed by atoms with Gasteiger partial charge >= 0.3 is 5.97 Å². The minimum absolute atomic E-state index is 0.243. The van der Waals surface area contributed by atoms with Crippen molar-refractivity contribution in [1.29, 1.82) is 0 Å². The molecule has 0 radical (unpaired) electrons. The maximum atomic E-state index is 10.9. The minimum Gasteiger partial charge on any atom is -0.458 e. The Balaban J connectivity index is 2.30. The number of rotatable bonds is 1. The van der Waals surface area contributed by atoms with Crippen molar-refractivity contribution in [3.8, 4) is 0 Å². The monoisotopic (exact) mass is 144 g/mol. The van der Waals surface area contributed by atoms with Crippen molar-refractivity contribution in [3.05, 3.63) is 0 Å². The van der Waals surface area contributed by atoms with Gasteiger partial charge in [0.15, 0.2) is 6.10 Å². The van der Waals surface area contributed by atoms with Crippen LogP contribution in [0.2, 0.25) is 0 Å². The predicted molar refractivity (Wildman–Crippen MR) is 35.6 cm³/mol. The number of esters is 1. The Hall–Kier alpha value is -0.570. The molecular formula is C7H12O3. The van der Waals surface area contributed by atoms with Crippen LogP contribution in [0.15, 0.2) is 0 Å². The van der Waals surface area contributed by atoms with Crippen molar-refractivity contribution in [1.82, 2.24) is 0 Å². The van der Waals surface area contributed by atoms with E-state index < -0.39 is 0 Å². The fraction of sp³-hybridized carbons (Fsp3) is 0.857. The quantitative estimate of drug-likeness (QED) is 0.402. The van der Waals surface area contributed by atoms with Crippen LogP contribution in [0.25, 0.3) is 0 Å². The standard InChI is InChI=1S/C7H12O3/c1-7(2,3)10-6(8)5-4-9-5/h5H,4H2,1-3H3/t5-/m0/s1. The zero-order valence-electron chi connectivity index (χ0n) is 6.51. The Morgan fingerprint density at radius 2 is 2.10 bits per heavy atom. The van der Waals surface area contributed by atoms with Crippen molar-refractivity contribution < 1.29 is 14.3 Å². The number of carbonyl (C=O) groups excluding carboxylic acids is 1. The molecule has 1 rings (SSSR count). The summed E-state index contributed by atoms with van der Waals surface area (Å²) in [5.41, 5.74) is -0.386. The van der Waals surface area contributed by atoms with Gasteiger partial charge in [0.1, 0.15) is 5.60 Å². The van der Waals surface area contributed by atoms with Crippen molar-refractivity contribution in [2.24, 2.45) is 0 Å². The smallest absolute Gasteiger partial charge is 0.338 e. The van der Waals surface area contributed by atoms with E-state index in [-0.39, 0.29) is 17.7 Å². The first-order chi connectivity index (χ1) is 4.49. The largest absolute Gasteiger partial charge is 0.458 e. The summed E-state index contributed by atoms with van der Waals surface area (Å²) in [5, 5.41) is 0. The van der Waals surface area contributed by atoms with E-state index in [1.165, 1.54) is 0 Å². The minimum atomic E-state index is -0.386. The Labute approximate surface area is 60.3 Å². The van der Waals surface area contributed by atoms with E-state index in [9.17, 15) is 4.79 Å². The molecule has 0 bridgehead atoms. The van der Waals surface area contributed by atoms with Crippen LogP contribution < -0.4 is 0 Å². The Bertz CT molecular complexity index is 141. The third-order valence-corrected chi connectivity index (χ3v) is 1.00. The van der Waals surface area contributed by atoms with Crippen LogP contribution >= 0.6 is 0 Å². The highest BCUT2D eigenvalue weighted by Gasteiger charge is 2.35. The SMILES string of the molecule is CC(C)(C)OC(=O)[C@@H]1CO1. The lowest BCUT2D eigenvalue weighted by atomic mass is 10.2. The normalized spacial score (nSPS) is 24.1. The third kappa shape index (κ3) is 2.35. The second-order valence-corrected chi connectivity index (χ2v) is 3.36. The summed E-state index contributed by atoms with van der Waals surface area (Å²) < 4.78 is 9.74. The molecule has 1 heterocycles. The molecule has 1 fully saturated rings. The lowest BCUT2D eigenvalue weighted by Crippen LogP contribution is -2.26. The van der Waals surface area contributed by atoms with Crippen molar-refractivity contribution in [2.75, 3.05) is 6.61 Å². The van der Waals surface area contributed by atoms with Gasteiger partial charge in [-0.05, 0) is 20.8 Å². The third-order valence-electron chi connectivity index (χ3n) is 1.00. The summed E-state index contributed by atoms with van der Waals surface area (Å²) in [4.78, 5) is 10.9. The molecule has 1 aliphatic rings. The van der Waals surface area contributed by atoms with Gasteiger partial charge in [-0.25, -0.2) is 4.79 Å². The molecule has 0 aromatic heterocycles. The van der Waals surface area contributed by atoms with Crippen LogP contribution in [0.1, 0.15) is 20.8 Å². The van der Waals surface area contributed by atoms with Gasteiger partial charge in [-0.3, -0.25) is 0 Å². The molecule has 0 N–H and O–H groups in total. The fourth-order valence-corrected chi connectivity index (χ4v) is 0.552. The molecule has 3 heteroatoms. The fourth-order valence-electron chi connectivity index (χ4n) is 0.552. The van der Waals surface area contributed by atoms with Gasteiger partial charge in [0.2, 0.25) is 0 Å².